The zero-order valence-corrected chi connectivity index (χ0v) is 17.1. The van der Waals surface area contributed by atoms with Crippen molar-refractivity contribution in [3.05, 3.63) is 76.7 Å². The minimum Gasteiger partial charge on any atom is -0.352 e. The van der Waals surface area contributed by atoms with E-state index in [2.05, 4.69) is 20.4 Å². The summed E-state index contributed by atoms with van der Waals surface area (Å²) in [7, 11) is 0. The lowest BCUT2D eigenvalue weighted by molar-refractivity contribution is -0.121. The van der Waals surface area contributed by atoms with Gasteiger partial charge in [-0.15, -0.1) is 0 Å². The van der Waals surface area contributed by atoms with Gasteiger partial charge in [0.15, 0.2) is 10.8 Å². The van der Waals surface area contributed by atoms with Crippen LogP contribution < -0.4 is 10.9 Å². The van der Waals surface area contributed by atoms with E-state index in [0.717, 1.165) is 5.56 Å². The van der Waals surface area contributed by atoms with Crippen LogP contribution in [0.4, 0.5) is 4.39 Å². The third-order valence-electron chi connectivity index (χ3n) is 5.10. The van der Waals surface area contributed by atoms with Gasteiger partial charge >= 0.3 is 0 Å². The minimum absolute atomic E-state index is 0.135. The van der Waals surface area contributed by atoms with Crippen LogP contribution in [0.3, 0.4) is 0 Å². The molecule has 5 rings (SSSR count). The Hall–Kier alpha value is -3.53. The lowest BCUT2D eigenvalue weighted by Crippen LogP contribution is -2.30. The molecule has 1 atom stereocenters. The van der Waals surface area contributed by atoms with Gasteiger partial charge in [0, 0.05) is 31.1 Å². The minimum atomic E-state index is -0.352. The number of hydrogen-bond acceptors (Lipinski definition) is 6. The highest BCUT2D eigenvalue weighted by atomic mass is 32.2. The Morgan fingerprint density at radius 1 is 1.19 bits per heavy atom. The molecule has 10 heteroatoms. The number of thioether (sulfide) groups is 1. The molecule has 0 saturated heterocycles. The number of amides is 1. The molecular weight excluding hydrogens is 419 g/mol. The van der Waals surface area contributed by atoms with Crippen molar-refractivity contribution in [2.75, 3.05) is 5.75 Å². The average molecular weight is 436 g/mol. The maximum atomic E-state index is 13.2. The van der Waals surface area contributed by atoms with Crippen LogP contribution in [0.1, 0.15) is 18.0 Å². The van der Waals surface area contributed by atoms with Gasteiger partial charge in [-0.2, -0.15) is 5.10 Å². The van der Waals surface area contributed by atoms with E-state index in [9.17, 15) is 14.0 Å². The number of hydrogen-bond donors (Lipinski definition) is 1. The number of carbonyl (C=O) groups is 1. The van der Waals surface area contributed by atoms with Crippen molar-refractivity contribution in [1.29, 1.82) is 0 Å². The monoisotopic (exact) mass is 436 g/mol. The topological polar surface area (TPSA) is 94.7 Å². The van der Waals surface area contributed by atoms with Crippen LogP contribution in [0.15, 0.2) is 64.9 Å². The van der Waals surface area contributed by atoms with Crippen LogP contribution in [0.2, 0.25) is 0 Å². The summed E-state index contributed by atoms with van der Waals surface area (Å²) in [5.74, 6) is 0.0978. The summed E-state index contributed by atoms with van der Waals surface area (Å²) in [5.41, 5.74) is 1.75. The lowest BCUT2D eigenvalue weighted by Gasteiger charge is -2.13. The number of nitrogens with one attached hydrogen (secondary N) is 1. The normalized spacial score (nSPS) is 15.2. The molecule has 1 unspecified atom stereocenters. The quantitative estimate of drug-likeness (QED) is 0.483. The summed E-state index contributed by atoms with van der Waals surface area (Å²) in [5, 5.41) is 8.06. The first kappa shape index (κ1) is 19.4. The lowest BCUT2D eigenvalue weighted by atomic mass is 10.2. The van der Waals surface area contributed by atoms with Crippen LogP contribution in [-0.2, 0) is 11.3 Å². The van der Waals surface area contributed by atoms with Gasteiger partial charge in [-0.25, -0.2) is 14.1 Å². The van der Waals surface area contributed by atoms with Gasteiger partial charge in [-0.1, -0.05) is 11.8 Å². The molecule has 8 nitrogen and oxygen atoms in total. The van der Waals surface area contributed by atoms with Gasteiger partial charge in [0.2, 0.25) is 5.91 Å². The van der Waals surface area contributed by atoms with Gasteiger partial charge in [0.05, 0.1) is 17.9 Å². The van der Waals surface area contributed by atoms with Crippen LogP contribution in [0.5, 0.6) is 0 Å². The number of benzene rings is 1. The smallest absolute Gasteiger partial charge is 0.265 e. The van der Waals surface area contributed by atoms with Gasteiger partial charge < -0.3 is 5.32 Å². The van der Waals surface area contributed by atoms with Crippen LogP contribution >= 0.6 is 11.8 Å². The van der Waals surface area contributed by atoms with Crippen molar-refractivity contribution in [3.63, 3.8) is 0 Å². The Balaban J connectivity index is 1.39. The number of nitrogens with zero attached hydrogens (tertiary/aromatic N) is 5. The van der Waals surface area contributed by atoms with E-state index in [-0.39, 0.29) is 29.7 Å². The number of pyridine rings is 1. The highest BCUT2D eigenvalue weighted by Gasteiger charge is 2.29. The molecule has 1 aromatic carbocycles. The SMILES string of the molecule is O=C(CC1CSc2nc3c(cnn3-c3ccc(F)cc3)c(=O)n21)NCc1ccncc1. The second-order valence-corrected chi connectivity index (χ2v) is 8.13. The standard InChI is InChI=1S/C21H17FN6O2S/c22-14-1-3-15(4-2-14)28-19-17(11-25-28)20(30)27-16(12-31-21(27)26-19)9-18(29)24-10-13-5-7-23-8-6-13/h1-8,11,16H,9-10,12H2,(H,24,29). The fraction of sp³-hybridized carbons (Fsp3) is 0.190. The van der Waals surface area contributed by atoms with Crippen LogP contribution in [0.25, 0.3) is 16.7 Å². The number of fused-ring (bicyclic) bond motifs is 2. The molecule has 1 aliphatic heterocycles. The molecule has 0 spiro atoms. The van der Waals surface area contributed by atoms with Gasteiger partial charge in [-0.3, -0.25) is 19.1 Å². The molecule has 4 aromatic rings. The predicted molar refractivity (Wildman–Crippen MR) is 114 cm³/mol. The van der Waals surface area contributed by atoms with E-state index in [4.69, 9.17) is 0 Å². The first-order valence-corrected chi connectivity index (χ1v) is 10.6. The second kappa shape index (κ2) is 7.95. The van der Waals surface area contributed by atoms with Crippen LogP contribution in [-0.4, -0.2) is 36.0 Å². The van der Waals surface area contributed by atoms with E-state index < -0.39 is 0 Å². The molecule has 0 radical (unpaired) electrons. The molecule has 1 amide bonds. The van der Waals surface area contributed by atoms with E-state index in [1.807, 2.05) is 12.1 Å². The van der Waals surface area contributed by atoms with Crippen molar-refractivity contribution in [3.8, 4) is 5.69 Å². The Bertz CT molecular complexity index is 1320. The number of aromatic nitrogens is 5. The van der Waals surface area contributed by atoms with E-state index >= 15 is 0 Å². The second-order valence-electron chi connectivity index (χ2n) is 7.14. The maximum absolute atomic E-state index is 13.2. The maximum Gasteiger partial charge on any atom is 0.265 e. The number of carbonyl (C=O) groups excluding carboxylic acids is 1. The van der Waals surface area contributed by atoms with E-state index in [0.29, 0.717) is 34.2 Å². The summed E-state index contributed by atoms with van der Waals surface area (Å²) < 4.78 is 16.3. The third-order valence-corrected chi connectivity index (χ3v) is 6.20. The number of rotatable bonds is 5. The highest BCUT2D eigenvalue weighted by molar-refractivity contribution is 7.99. The molecule has 0 saturated carbocycles. The van der Waals surface area contributed by atoms with Gasteiger partial charge in [0.25, 0.3) is 5.56 Å². The molecule has 0 bridgehead atoms. The summed E-state index contributed by atoms with van der Waals surface area (Å²) in [6.07, 6.45) is 5.00. The summed E-state index contributed by atoms with van der Waals surface area (Å²) in [6, 6.07) is 9.22. The summed E-state index contributed by atoms with van der Waals surface area (Å²) in [4.78, 5) is 34.2. The Morgan fingerprint density at radius 2 is 1.97 bits per heavy atom. The molecule has 4 heterocycles. The third kappa shape index (κ3) is 3.70. The van der Waals surface area contributed by atoms with Crippen molar-refractivity contribution in [2.45, 2.75) is 24.2 Å². The largest absolute Gasteiger partial charge is 0.352 e. The van der Waals surface area contributed by atoms with Crippen molar-refractivity contribution < 1.29 is 9.18 Å². The Labute approximate surface area is 180 Å². The number of halogens is 1. The average Bonchev–Trinajstić information content (AvgIpc) is 3.39. The summed E-state index contributed by atoms with van der Waals surface area (Å²) in [6.45, 7) is 0.407. The predicted octanol–water partition coefficient (Wildman–Crippen LogP) is 2.47. The molecule has 1 aliphatic rings. The molecule has 3 aromatic heterocycles. The molecular formula is C21H17FN6O2S. The first-order chi connectivity index (χ1) is 15.1. The summed E-state index contributed by atoms with van der Waals surface area (Å²) >= 11 is 1.43. The van der Waals surface area contributed by atoms with E-state index in [1.54, 1.807) is 29.1 Å². The fourth-order valence-corrected chi connectivity index (χ4v) is 4.67. The molecule has 156 valence electrons. The van der Waals surface area contributed by atoms with Gasteiger partial charge in [0.1, 0.15) is 11.2 Å². The Morgan fingerprint density at radius 3 is 2.74 bits per heavy atom. The van der Waals surface area contributed by atoms with Crippen molar-refractivity contribution >= 4 is 28.7 Å². The van der Waals surface area contributed by atoms with Crippen molar-refractivity contribution in [1.82, 2.24) is 29.6 Å². The van der Waals surface area contributed by atoms with Gasteiger partial charge in [-0.05, 0) is 42.0 Å². The first-order valence-electron chi connectivity index (χ1n) is 9.65. The molecule has 1 N–H and O–H groups in total. The zero-order valence-electron chi connectivity index (χ0n) is 16.2. The van der Waals surface area contributed by atoms with Crippen molar-refractivity contribution in [2.24, 2.45) is 0 Å². The zero-order chi connectivity index (χ0) is 21.4. The Kier molecular flexibility index (Phi) is 4.99. The molecule has 0 fully saturated rings. The highest BCUT2D eigenvalue weighted by Crippen LogP contribution is 2.33. The fourth-order valence-electron chi connectivity index (χ4n) is 3.54. The van der Waals surface area contributed by atoms with E-state index in [1.165, 1.54) is 34.8 Å². The molecule has 0 aliphatic carbocycles. The molecule has 31 heavy (non-hydrogen) atoms. The van der Waals surface area contributed by atoms with Crippen LogP contribution in [0, 0.1) is 5.82 Å².